The van der Waals surface area contributed by atoms with E-state index >= 15 is 0 Å². The van der Waals surface area contributed by atoms with Crippen molar-refractivity contribution in [3.05, 3.63) is 35.9 Å². The van der Waals surface area contributed by atoms with Gasteiger partial charge in [0.1, 0.15) is 0 Å². The lowest BCUT2D eigenvalue weighted by atomic mass is 10.1. The smallest absolute Gasteiger partial charge is 0.330 e. The number of amides is 1. The zero-order valence-corrected chi connectivity index (χ0v) is 10.5. The first-order chi connectivity index (χ1) is 8.42. The van der Waals surface area contributed by atoms with Crippen molar-refractivity contribution in [3.63, 3.8) is 0 Å². The zero-order valence-electron chi connectivity index (χ0n) is 10.5. The molecular formula is C14H17NO3. The molecule has 4 heteroatoms. The Hall–Kier alpha value is -1.84. The maximum Gasteiger partial charge on any atom is 0.330 e. The number of rotatable bonds is 4. The average Bonchev–Trinajstić information content (AvgIpc) is 2.96. The Morgan fingerprint density at radius 1 is 1.33 bits per heavy atom. The maximum atomic E-state index is 11.9. The molecule has 96 valence electrons. The fraction of sp³-hybridized carbons (Fsp3) is 0.429. The highest BCUT2D eigenvalue weighted by Crippen LogP contribution is 2.51. The molecule has 1 aliphatic rings. The van der Waals surface area contributed by atoms with Gasteiger partial charge < -0.3 is 10.4 Å². The molecule has 1 saturated carbocycles. The fourth-order valence-corrected chi connectivity index (χ4v) is 2.09. The Kier molecular flexibility index (Phi) is 3.11. The van der Waals surface area contributed by atoms with Crippen LogP contribution in [0.5, 0.6) is 0 Å². The van der Waals surface area contributed by atoms with Crippen LogP contribution < -0.4 is 5.32 Å². The molecule has 1 aromatic carbocycles. The van der Waals surface area contributed by atoms with E-state index in [1.54, 1.807) is 24.3 Å². The number of carbonyl (C=O) groups is 2. The lowest BCUT2D eigenvalue weighted by Gasteiger charge is -2.15. The van der Waals surface area contributed by atoms with Crippen molar-refractivity contribution < 1.29 is 14.7 Å². The van der Waals surface area contributed by atoms with Gasteiger partial charge in [0.2, 0.25) is 5.91 Å². The van der Waals surface area contributed by atoms with Crippen LogP contribution in [0.1, 0.15) is 31.9 Å². The van der Waals surface area contributed by atoms with Gasteiger partial charge >= 0.3 is 5.97 Å². The second-order valence-electron chi connectivity index (χ2n) is 5.44. The van der Waals surface area contributed by atoms with Crippen LogP contribution in [-0.4, -0.2) is 17.0 Å². The minimum absolute atomic E-state index is 0.00379. The number of hydrogen-bond acceptors (Lipinski definition) is 2. The van der Waals surface area contributed by atoms with Crippen molar-refractivity contribution in [1.29, 1.82) is 0 Å². The summed E-state index contributed by atoms with van der Waals surface area (Å²) in [6.07, 6.45) is 0.819. The Morgan fingerprint density at radius 3 is 2.33 bits per heavy atom. The van der Waals surface area contributed by atoms with Gasteiger partial charge in [0, 0.05) is 5.92 Å². The summed E-state index contributed by atoms with van der Waals surface area (Å²) in [5.74, 6) is -1.27. The van der Waals surface area contributed by atoms with Crippen molar-refractivity contribution in [2.45, 2.75) is 26.3 Å². The van der Waals surface area contributed by atoms with Gasteiger partial charge in [-0.15, -0.1) is 0 Å². The van der Waals surface area contributed by atoms with E-state index in [4.69, 9.17) is 0 Å². The van der Waals surface area contributed by atoms with Gasteiger partial charge in [-0.25, -0.2) is 4.79 Å². The summed E-state index contributed by atoms with van der Waals surface area (Å²) in [6, 6.07) is 7.79. The zero-order chi connectivity index (χ0) is 13.3. The number of carbonyl (C=O) groups excluding carboxylic acids is 1. The molecule has 4 nitrogen and oxygen atoms in total. The lowest BCUT2D eigenvalue weighted by molar-refractivity contribution is -0.142. The van der Waals surface area contributed by atoms with Crippen LogP contribution in [0.15, 0.2) is 30.3 Å². The highest BCUT2D eigenvalue weighted by molar-refractivity contribution is 5.87. The maximum absolute atomic E-state index is 11.9. The number of carboxylic acids is 1. The molecule has 1 amide bonds. The summed E-state index contributed by atoms with van der Waals surface area (Å²) >= 11 is 0. The van der Waals surface area contributed by atoms with E-state index in [9.17, 15) is 14.7 Å². The van der Waals surface area contributed by atoms with Crippen molar-refractivity contribution >= 4 is 11.9 Å². The highest BCUT2D eigenvalue weighted by atomic mass is 16.4. The van der Waals surface area contributed by atoms with Crippen LogP contribution in [0.25, 0.3) is 0 Å². The molecule has 1 unspecified atom stereocenters. The topological polar surface area (TPSA) is 66.4 Å². The van der Waals surface area contributed by atoms with Gasteiger partial charge in [-0.2, -0.15) is 0 Å². The second-order valence-corrected chi connectivity index (χ2v) is 5.44. The fourth-order valence-electron chi connectivity index (χ4n) is 2.09. The number of aliphatic carboxylic acids is 1. The molecule has 0 aliphatic heterocycles. The van der Waals surface area contributed by atoms with Crippen molar-refractivity contribution in [2.24, 2.45) is 11.3 Å². The summed E-state index contributed by atoms with van der Waals surface area (Å²) in [6.45, 7) is 4.02. The van der Waals surface area contributed by atoms with Crippen LogP contribution in [0.2, 0.25) is 0 Å². The van der Waals surface area contributed by atoms with E-state index < -0.39 is 12.0 Å². The number of nitrogens with one attached hydrogen (secondary N) is 1. The Labute approximate surface area is 106 Å². The van der Waals surface area contributed by atoms with E-state index in [2.05, 4.69) is 5.32 Å². The van der Waals surface area contributed by atoms with Crippen LogP contribution in [0.3, 0.4) is 0 Å². The average molecular weight is 247 g/mol. The third-order valence-electron chi connectivity index (χ3n) is 3.50. The van der Waals surface area contributed by atoms with Gasteiger partial charge in [0.05, 0.1) is 0 Å². The number of carboxylic acid groups (broad SMARTS) is 1. The summed E-state index contributed by atoms with van der Waals surface area (Å²) in [7, 11) is 0. The third-order valence-corrected chi connectivity index (χ3v) is 3.50. The first kappa shape index (κ1) is 12.6. The minimum Gasteiger partial charge on any atom is -0.479 e. The molecule has 2 rings (SSSR count). The molecule has 0 bridgehead atoms. The SMILES string of the molecule is CC1(C)C[C@@H]1C(=O)NC(C(=O)O)c1ccccc1. The molecule has 2 N–H and O–H groups in total. The largest absolute Gasteiger partial charge is 0.479 e. The van der Waals surface area contributed by atoms with Gasteiger partial charge in [-0.05, 0) is 17.4 Å². The van der Waals surface area contributed by atoms with Crippen LogP contribution in [-0.2, 0) is 9.59 Å². The van der Waals surface area contributed by atoms with Crippen molar-refractivity contribution in [2.75, 3.05) is 0 Å². The molecule has 0 aromatic heterocycles. The normalized spacial score (nSPS) is 22.0. The van der Waals surface area contributed by atoms with Crippen molar-refractivity contribution in [3.8, 4) is 0 Å². The summed E-state index contributed by atoms with van der Waals surface area (Å²) in [4.78, 5) is 23.2. The molecule has 1 fully saturated rings. The van der Waals surface area contributed by atoms with Gasteiger partial charge in [0.15, 0.2) is 6.04 Å². The first-order valence-electron chi connectivity index (χ1n) is 6.00. The monoisotopic (exact) mass is 247 g/mol. The molecule has 1 aliphatic carbocycles. The standard InChI is InChI=1S/C14H17NO3/c1-14(2)8-10(14)12(16)15-11(13(17)18)9-6-4-3-5-7-9/h3-7,10-11H,8H2,1-2H3,(H,15,16)(H,17,18)/t10-,11?/m1/s1. The van der Waals surface area contributed by atoms with E-state index in [0.717, 1.165) is 6.42 Å². The van der Waals surface area contributed by atoms with E-state index in [1.807, 2.05) is 19.9 Å². The predicted octanol–water partition coefficient (Wildman–Crippen LogP) is 1.97. The van der Waals surface area contributed by atoms with E-state index in [1.165, 1.54) is 0 Å². The molecule has 0 saturated heterocycles. The quantitative estimate of drug-likeness (QED) is 0.854. The van der Waals surface area contributed by atoms with Gasteiger partial charge in [-0.1, -0.05) is 44.2 Å². The first-order valence-corrected chi connectivity index (χ1v) is 6.00. The summed E-state index contributed by atoms with van der Waals surface area (Å²) in [5, 5.41) is 11.8. The van der Waals surface area contributed by atoms with Crippen molar-refractivity contribution in [1.82, 2.24) is 5.32 Å². The number of hydrogen-bond donors (Lipinski definition) is 2. The van der Waals surface area contributed by atoms with E-state index in [0.29, 0.717) is 5.56 Å². The molecule has 1 aromatic rings. The highest BCUT2D eigenvalue weighted by Gasteiger charge is 2.51. The Bertz CT molecular complexity index is 467. The molecular weight excluding hydrogens is 230 g/mol. The van der Waals surface area contributed by atoms with Crippen LogP contribution in [0, 0.1) is 11.3 Å². The van der Waals surface area contributed by atoms with E-state index in [-0.39, 0.29) is 17.2 Å². The number of benzene rings is 1. The summed E-state index contributed by atoms with van der Waals surface area (Å²) in [5.41, 5.74) is 0.598. The minimum atomic E-state index is -1.03. The molecule has 0 spiro atoms. The molecule has 0 radical (unpaired) electrons. The molecule has 2 atom stereocenters. The predicted molar refractivity (Wildman–Crippen MR) is 66.8 cm³/mol. The summed E-state index contributed by atoms with van der Waals surface area (Å²) < 4.78 is 0. The molecule has 18 heavy (non-hydrogen) atoms. The third kappa shape index (κ3) is 2.53. The second kappa shape index (κ2) is 4.44. The Morgan fingerprint density at radius 2 is 1.89 bits per heavy atom. The van der Waals surface area contributed by atoms with Crippen LogP contribution >= 0.6 is 0 Å². The lowest BCUT2D eigenvalue weighted by Crippen LogP contribution is -2.35. The Balaban J connectivity index is 2.09. The van der Waals surface area contributed by atoms with Gasteiger partial charge in [-0.3, -0.25) is 4.79 Å². The van der Waals surface area contributed by atoms with Gasteiger partial charge in [0.25, 0.3) is 0 Å². The van der Waals surface area contributed by atoms with Crippen LogP contribution in [0.4, 0.5) is 0 Å². The molecule has 0 heterocycles.